The molecule has 1 amide bonds. The first-order valence-electron chi connectivity index (χ1n) is 10.5. The van der Waals surface area contributed by atoms with Crippen LogP contribution < -0.4 is 4.74 Å². The molecular formula is C24H26FN3O3. The number of aryl methyl sites for hydroxylation is 1. The Balaban J connectivity index is 1.43. The summed E-state index contributed by atoms with van der Waals surface area (Å²) < 4.78 is 24.0. The fourth-order valence-electron chi connectivity index (χ4n) is 4.12. The van der Waals surface area contributed by atoms with Crippen molar-refractivity contribution in [1.82, 2.24) is 15.0 Å². The normalized spacial score (nSPS) is 18.7. The number of hydrogen-bond donors (Lipinski definition) is 0. The van der Waals surface area contributed by atoms with Crippen LogP contribution >= 0.6 is 0 Å². The number of rotatable bonds is 6. The van der Waals surface area contributed by atoms with Crippen LogP contribution in [-0.4, -0.2) is 41.1 Å². The largest absolute Gasteiger partial charge is 0.496 e. The molecule has 2 heterocycles. The molecule has 0 N–H and O–H groups in total. The van der Waals surface area contributed by atoms with Crippen molar-refractivity contribution in [1.29, 1.82) is 0 Å². The summed E-state index contributed by atoms with van der Waals surface area (Å²) in [5, 5.41) is 4.19. The molecular weight excluding hydrogens is 397 g/mol. The number of ether oxygens (including phenoxy) is 1. The second-order valence-corrected chi connectivity index (χ2v) is 8.22. The molecule has 1 aromatic heterocycles. The Morgan fingerprint density at radius 2 is 2.00 bits per heavy atom. The Morgan fingerprint density at radius 1 is 1.23 bits per heavy atom. The molecule has 1 aliphatic rings. The average molecular weight is 423 g/mol. The van der Waals surface area contributed by atoms with E-state index >= 15 is 0 Å². The Kier molecular flexibility index (Phi) is 6.02. The van der Waals surface area contributed by atoms with E-state index in [1.54, 1.807) is 19.2 Å². The number of piperidine rings is 1. The maximum absolute atomic E-state index is 13.2. The molecule has 7 heteroatoms. The van der Waals surface area contributed by atoms with Crippen molar-refractivity contribution >= 4 is 5.91 Å². The maximum atomic E-state index is 13.2. The molecule has 0 spiro atoms. The Bertz CT molecular complexity index is 1050. The highest BCUT2D eigenvalue weighted by molar-refractivity contribution is 5.77. The minimum atomic E-state index is -0.389. The van der Waals surface area contributed by atoms with Gasteiger partial charge in [-0.05, 0) is 55.2 Å². The zero-order valence-electron chi connectivity index (χ0n) is 17.8. The molecule has 0 bridgehead atoms. The first-order valence-corrected chi connectivity index (χ1v) is 10.5. The lowest BCUT2D eigenvalue weighted by Crippen LogP contribution is -2.47. The fraction of sp³-hybridized carbons (Fsp3) is 0.375. The number of amides is 1. The predicted molar refractivity (Wildman–Crippen MR) is 114 cm³/mol. The summed E-state index contributed by atoms with van der Waals surface area (Å²) in [5.41, 5.74) is 1.31. The number of carbonyl (C=O) groups excluding carboxylic acids is 1. The van der Waals surface area contributed by atoms with Gasteiger partial charge in [0.1, 0.15) is 11.6 Å². The van der Waals surface area contributed by atoms with Gasteiger partial charge in [-0.25, -0.2) is 4.39 Å². The van der Waals surface area contributed by atoms with E-state index in [0.717, 1.165) is 30.7 Å². The molecule has 31 heavy (non-hydrogen) atoms. The zero-order chi connectivity index (χ0) is 21.8. The van der Waals surface area contributed by atoms with E-state index in [0.29, 0.717) is 36.7 Å². The van der Waals surface area contributed by atoms with Gasteiger partial charge < -0.3 is 14.2 Å². The van der Waals surface area contributed by atoms with Crippen molar-refractivity contribution in [3.63, 3.8) is 0 Å². The minimum Gasteiger partial charge on any atom is -0.496 e. The van der Waals surface area contributed by atoms with Gasteiger partial charge in [-0.1, -0.05) is 30.3 Å². The van der Waals surface area contributed by atoms with E-state index in [1.165, 1.54) is 12.1 Å². The smallest absolute Gasteiger partial charge is 0.257 e. The van der Waals surface area contributed by atoms with Crippen molar-refractivity contribution in [2.45, 2.75) is 38.0 Å². The predicted octanol–water partition coefficient (Wildman–Crippen LogP) is 4.40. The van der Waals surface area contributed by atoms with Crippen LogP contribution in [0.4, 0.5) is 4.39 Å². The summed E-state index contributed by atoms with van der Waals surface area (Å²) in [5.74, 6) is 1.54. The summed E-state index contributed by atoms with van der Waals surface area (Å²) in [6.45, 7) is 3.33. The molecule has 2 aromatic carbocycles. The van der Waals surface area contributed by atoms with E-state index in [9.17, 15) is 9.18 Å². The van der Waals surface area contributed by atoms with Crippen LogP contribution in [0.5, 0.6) is 5.75 Å². The van der Waals surface area contributed by atoms with Crippen LogP contribution in [-0.2, 0) is 16.6 Å². The number of hydrogen-bond acceptors (Lipinski definition) is 5. The highest BCUT2D eigenvalue weighted by Crippen LogP contribution is 2.33. The monoisotopic (exact) mass is 423 g/mol. The molecule has 0 saturated carbocycles. The van der Waals surface area contributed by atoms with Crippen molar-refractivity contribution in [3.05, 3.63) is 65.7 Å². The first-order chi connectivity index (χ1) is 15.0. The quantitative estimate of drug-likeness (QED) is 0.588. The molecule has 3 aromatic rings. The van der Waals surface area contributed by atoms with Gasteiger partial charge in [-0.2, -0.15) is 4.98 Å². The number of benzene rings is 2. The number of likely N-dealkylation sites (tertiary alicyclic amines) is 1. The van der Waals surface area contributed by atoms with Gasteiger partial charge in [-0.15, -0.1) is 0 Å². The summed E-state index contributed by atoms with van der Waals surface area (Å²) in [7, 11) is 1.64. The lowest BCUT2D eigenvalue weighted by Gasteiger charge is -2.38. The molecule has 0 radical (unpaired) electrons. The van der Waals surface area contributed by atoms with Gasteiger partial charge in [0.15, 0.2) is 5.82 Å². The third kappa shape index (κ3) is 4.60. The van der Waals surface area contributed by atoms with Crippen LogP contribution in [0.2, 0.25) is 0 Å². The average Bonchev–Trinajstić information content (AvgIpc) is 3.29. The number of para-hydroxylation sites is 1. The Hall–Kier alpha value is -3.22. The molecule has 1 aliphatic heterocycles. The Morgan fingerprint density at radius 3 is 2.77 bits per heavy atom. The molecule has 1 atom stereocenters. The van der Waals surface area contributed by atoms with E-state index in [1.807, 2.05) is 29.2 Å². The zero-order valence-corrected chi connectivity index (χ0v) is 17.8. The lowest BCUT2D eigenvalue weighted by atomic mass is 9.81. The highest BCUT2D eigenvalue weighted by Gasteiger charge is 2.38. The first kappa shape index (κ1) is 21.0. The van der Waals surface area contributed by atoms with Gasteiger partial charge in [-0.3, -0.25) is 4.79 Å². The van der Waals surface area contributed by atoms with Crippen molar-refractivity contribution in [2.24, 2.45) is 0 Å². The number of aromatic nitrogens is 2. The fourth-order valence-corrected chi connectivity index (χ4v) is 4.12. The lowest BCUT2D eigenvalue weighted by molar-refractivity contribution is -0.133. The van der Waals surface area contributed by atoms with E-state index in [-0.39, 0.29) is 17.1 Å². The summed E-state index contributed by atoms with van der Waals surface area (Å²) in [6.07, 6.45) is 2.79. The second kappa shape index (κ2) is 8.88. The highest BCUT2D eigenvalue weighted by atomic mass is 19.1. The Labute approximate surface area is 181 Å². The van der Waals surface area contributed by atoms with Gasteiger partial charge in [0.25, 0.3) is 5.89 Å². The summed E-state index contributed by atoms with van der Waals surface area (Å²) >= 11 is 0. The molecule has 4 rings (SSSR count). The standard InChI is InChI=1S/C24H26FN3O3/c1-24(23-26-22(31-27-23)18-8-11-19(25)12-9-18)14-5-15-28(16-24)21(29)13-10-17-6-3-4-7-20(17)30-2/h3-4,6-9,11-12H,5,10,13-16H2,1-2H3. The maximum Gasteiger partial charge on any atom is 0.257 e. The number of carbonyl (C=O) groups is 1. The van der Waals surface area contributed by atoms with E-state index in [2.05, 4.69) is 17.1 Å². The van der Waals surface area contributed by atoms with Crippen molar-refractivity contribution < 1.29 is 18.4 Å². The van der Waals surface area contributed by atoms with Crippen LogP contribution in [0.1, 0.15) is 37.6 Å². The van der Waals surface area contributed by atoms with Gasteiger partial charge >= 0.3 is 0 Å². The summed E-state index contributed by atoms with van der Waals surface area (Å²) in [6, 6.07) is 13.7. The van der Waals surface area contributed by atoms with E-state index < -0.39 is 0 Å². The SMILES string of the molecule is COc1ccccc1CCC(=O)N1CCCC(C)(c2noc(-c3ccc(F)cc3)n2)C1. The van der Waals surface area contributed by atoms with E-state index in [4.69, 9.17) is 9.26 Å². The van der Waals surface area contributed by atoms with Crippen molar-refractivity contribution in [3.8, 4) is 17.2 Å². The van der Waals surface area contributed by atoms with Gasteiger partial charge in [0.2, 0.25) is 5.91 Å². The molecule has 162 valence electrons. The minimum absolute atomic E-state index is 0.110. The van der Waals surface area contributed by atoms with Gasteiger partial charge in [0, 0.05) is 30.5 Å². The molecule has 1 unspecified atom stereocenters. The summed E-state index contributed by atoms with van der Waals surface area (Å²) in [4.78, 5) is 19.4. The van der Waals surface area contributed by atoms with Crippen LogP contribution in [0, 0.1) is 5.82 Å². The number of halogens is 1. The third-order valence-electron chi connectivity index (χ3n) is 5.91. The molecule has 6 nitrogen and oxygen atoms in total. The molecule has 1 fully saturated rings. The molecule has 1 saturated heterocycles. The topological polar surface area (TPSA) is 68.5 Å². The van der Waals surface area contributed by atoms with Crippen LogP contribution in [0.25, 0.3) is 11.5 Å². The van der Waals surface area contributed by atoms with Crippen LogP contribution in [0.3, 0.4) is 0 Å². The molecule has 0 aliphatic carbocycles. The van der Waals surface area contributed by atoms with Crippen LogP contribution in [0.15, 0.2) is 53.1 Å². The van der Waals surface area contributed by atoms with Crippen molar-refractivity contribution in [2.75, 3.05) is 20.2 Å². The third-order valence-corrected chi connectivity index (χ3v) is 5.91. The number of methoxy groups -OCH3 is 1. The number of nitrogens with zero attached hydrogens (tertiary/aromatic N) is 3. The second-order valence-electron chi connectivity index (χ2n) is 8.22. The van der Waals surface area contributed by atoms with Gasteiger partial charge in [0.05, 0.1) is 7.11 Å².